The zero-order chi connectivity index (χ0) is 13.4. The molecule has 2 aromatic carbocycles. The van der Waals surface area contributed by atoms with Crippen LogP contribution in [0.4, 0.5) is 0 Å². The minimum Gasteiger partial charge on any atom is -0.308 e. The molecule has 0 aliphatic rings. The van der Waals surface area contributed by atoms with E-state index in [0.29, 0.717) is 5.69 Å². The first-order valence-electron chi connectivity index (χ1n) is 5.88. The van der Waals surface area contributed by atoms with Gasteiger partial charge in [-0.15, -0.1) is 0 Å². The van der Waals surface area contributed by atoms with Crippen LogP contribution in [0.1, 0.15) is 0 Å². The van der Waals surface area contributed by atoms with Gasteiger partial charge < -0.3 is 4.57 Å². The maximum absolute atomic E-state index is 12.4. The SMILES string of the molecule is Cn1c(=O)c(-c2ccccc2)nc2ccc(Br)cc21. The van der Waals surface area contributed by atoms with Gasteiger partial charge in [0.2, 0.25) is 0 Å². The highest BCUT2D eigenvalue weighted by Crippen LogP contribution is 2.20. The summed E-state index contributed by atoms with van der Waals surface area (Å²) in [5.74, 6) is 0. The van der Waals surface area contributed by atoms with Crippen molar-refractivity contribution in [3.05, 3.63) is 63.4 Å². The maximum Gasteiger partial charge on any atom is 0.277 e. The summed E-state index contributed by atoms with van der Waals surface area (Å²) >= 11 is 3.41. The molecule has 0 atom stereocenters. The van der Waals surface area contributed by atoms with Crippen LogP contribution in [-0.2, 0) is 7.05 Å². The molecule has 1 heterocycles. The molecule has 0 aliphatic heterocycles. The molecule has 19 heavy (non-hydrogen) atoms. The summed E-state index contributed by atoms with van der Waals surface area (Å²) in [5.41, 5.74) is 2.87. The molecule has 0 N–H and O–H groups in total. The molecule has 0 fully saturated rings. The van der Waals surface area contributed by atoms with Crippen LogP contribution < -0.4 is 5.56 Å². The summed E-state index contributed by atoms with van der Waals surface area (Å²) in [5, 5.41) is 0. The fourth-order valence-corrected chi connectivity index (χ4v) is 2.43. The van der Waals surface area contributed by atoms with Crippen LogP contribution in [0, 0.1) is 0 Å². The van der Waals surface area contributed by atoms with Crippen LogP contribution in [0.2, 0.25) is 0 Å². The predicted molar refractivity (Wildman–Crippen MR) is 80.1 cm³/mol. The lowest BCUT2D eigenvalue weighted by atomic mass is 10.1. The highest BCUT2D eigenvalue weighted by molar-refractivity contribution is 9.10. The van der Waals surface area contributed by atoms with E-state index in [0.717, 1.165) is 21.1 Å². The number of aromatic nitrogens is 2. The molecule has 4 heteroatoms. The second-order valence-electron chi connectivity index (χ2n) is 4.32. The fraction of sp³-hybridized carbons (Fsp3) is 0.0667. The van der Waals surface area contributed by atoms with Crippen LogP contribution in [0.3, 0.4) is 0 Å². The maximum atomic E-state index is 12.4. The van der Waals surface area contributed by atoms with Gasteiger partial charge in [-0.3, -0.25) is 4.79 Å². The molecule has 3 nitrogen and oxygen atoms in total. The summed E-state index contributed by atoms with van der Waals surface area (Å²) in [4.78, 5) is 16.9. The number of nitrogens with zero attached hydrogens (tertiary/aromatic N) is 2. The molecule has 3 rings (SSSR count). The zero-order valence-corrected chi connectivity index (χ0v) is 11.9. The van der Waals surface area contributed by atoms with E-state index in [1.54, 1.807) is 11.6 Å². The van der Waals surface area contributed by atoms with Gasteiger partial charge in [-0.2, -0.15) is 0 Å². The fourth-order valence-electron chi connectivity index (χ4n) is 2.08. The number of benzene rings is 2. The van der Waals surface area contributed by atoms with Crippen LogP contribution in [0.5, 0.6) is 0 Å². The Labute approximate surface area is 118 Å². The molecular weight excluding hydrogens is 304 g/mol. The summed E-state index contributed by atoms with van der Waals surface area (Å²) in [6.45, 7) is 0. The average Bonchev–Trinajstić information content (AvgIpc) is 2.44. The number of halogens is 1. The van der Waals surface area contributed by atoms with Crippen molar-refractivity contribution in [2.45, 2.75) is 0 Å². The standard InChI is InChI=1S/C15H11BrN2O/c1-18-13-9-11(16)7-8-12(13)17-14(15(18)19)10-5-3-2-4-6-10/h2-9H,1H3. The third kappa shape index (κ3) is 2.08. The Balaban J connectivity index is 2.37. The summed E-state index contributed by atoms with van der Waals surface area (Å²) in [7, 11) is 1.77. The van der Waals surface area contributed by atoms with Gasteiger partial charge >= 0.3 is 0 Å². The van der Waals surface area contributed by atoms with Gasteiger partial charge in [0, 0.05) is 17.1 Å². The minimum atomic E-state index is -0.0863. The molecule has 0 unspecified atom stereocenters. The number of hydrogen-bond donors (Lipinski definition) is 0. The van der Waals surface area contributed by atoms with E-state index in [2.05, 4.69) is 20.9 Å². The van der Waals surface area contributed by atoms with E-state index in [-0.39, 0.29) is 5.56 Å². The molecule has 1 aromatic heterocycles. The first kappa shape index (κ1) is 12.1. The lowest BCUT2D eigenvalue weighted by molar-refractivity contribution is 0.895. The van der Waals surface area contributed by atoms with Crippen molar-refractivity contribution in [1.82, 2.24) is 9.55 Å². The molecule has 94 valence electrons. The Hall–Kier alpha value is -1.94. The van der Waals surface area contributed by atoms with Gasteiger partial charge in [0.05, 0.1) is 11.0 Å². The van der Waals surface area contributed by atoms with E-state index >= 15 is 0 Å². The Bertz CT molecular complexity index is 809. The van der Waals surface area contributed by atoms with Gasteiger partial charge in [0.25, 0.3) is 5.56 Å². The summed E-state index contributed by atoms with van der Waals surface area (Å²) in [6, 6.07) is 15.3. The Morgan fingerprint density at radius 1 is 1.11 bits per heavy atom. The average molecular weight is 315 g/mol. The van der Waals surface area contributed by atoms with Gasteiger partial charge in [-0.25, -0.2) is 4.98 Å². The van der Waals surface area contributed by atoms with Crippen molar-refractivity contribution >= 4 is 27.0 Å². The van der Waals surface area contributed by atoms with Gasteiger partial charge in [0.1, 0.15) is 5.69 Å². The number of rotatable bonds is 1. The van der Waals surface area contributed by atoms with Crippen molar-refractivity contribution in [1.29, 1.82) is 0 Å². The van der Waals surface area contributed by atoms with E-state index in [1.165, 1.54) is 0 Å². The highest BCUT2D eigenvalue weighted by atomic mass is 79.9. The molecule has 0 radical (unpaired) electrons. The van der Waals surface area contributed by atoms with E-state index in [4.69, 9.17) is 0 Å². The Morgan fingerprint density at radius 3 is 2.58 bits per heavy atom. The van der Waals surface area contributed by atoms with Crippen molar-refractivity contribution < 1.29 is 0 Å². The normalized spacial score (nSPS) is 10.8. The lowest BCUT2D eigenvalue weighted by Gasteiger charge is -2.08. The second-order valence-corrected chi connectivity index (χ2v) is 5.24. The molecule has 0 aliphatic carbocycles. The van der Waals surface area contributed by atoms with E-state index < -0.39 is 0 Å². The first-order chi connectivity index (χ1) is 9.16. The molecule has 0 amide bonds. The molecular formula is C15H11BrN2O. The second kappa shape index (κ2) is 4.63. The van der Waals surface area contributed by atoms with Crippen molar-refractivity contribution in [2.75, 3.05) is 0 Å². The molecule has 0 bridgehead atoms. The van der Waals surface area contributed by atoms with Crippen molar-refractivity contribution in [2.24, 2.45) is 7.05 Å². The molecule has 0 spiro atoms. The highest BCUT2D eigenvalue weighted by Gasteiger charge is 2.10. The number of aryl methyl sites for hydroxylation is 1. The van der Waals surface area contributed by atoms with Crippen LogP contribution in [0.25, 0.3) is 22.3 Å². The van der Waals surface area contributed by atoms with E-state index in [9.17, 15) is 4.79 Å². The third-order valence-electron chi connectivity index (χ3n) is 3.09. The van der Waals surface area contributed by atoms with Gasteiger partial charge in [-0.1, -0.05) is 46.3 Å². The van der Waals surface area contributed by atoms with Crippen molar-refractivity contribution in [3.63, 3.8) is 0 Å². The number of hydrogen-bond acceptors (Lipinski definition) is 2. The van der Waals surface area contributed by atoms with Gasteiger partial charge in [-0.05, 0) is 18.2 Å². The molecule has 0 saturated heterocycles. The largest absolute Gasteiger partial charge is 0.308 e. The zero-order valence-electron chi connectivity index (χ0n) is 10.3. The Morgan fingerprint density at radius 2 is 1.84 bits per heavy atom. The monoisotopic (exact) mass is 314 g/mol. The van der Waals surface area contributed by atoms with Crippen LogP contribution in [0.15, 0.2) is 57.8 Å². The van der Waals surface area contributed by atoms with Crippen molar-refractivity contribution in [3.8, 4) is 11.3 Å². The van der Waals surface area contributed by atoms with Crippen LogP contribution in [-0.4, -0.2) is 9.55 Å². The summed E-state index contributed by atoms with van der Waals surface area (Å²) < 4.78 is 2.57. The third-order valence-corrected chi connectivity index (χ3v) is 3.58. The topological polar surface area (TPSA) is 34.9 Å². The number of fused-ring (bicyclic) bond motifs is 1. The molecule has 0 saturated carbocycles. The quantitative estimate of drug-likeness (QED) is 0.690. The summed E-state index contributed by atoms with van der Waals surface area (Å²) in [6.07, 6.45) is 0. The van der Waals surface area contributed by atoms with Gasteiger partial charge in [0.15, 0.2) is 0 Å². The van der Waals surface area contributed by atoms with Crippen LogP contribution >= 0.6 is 15.9 Å². The molecule has 3 aromatic rings. The minimum absolute atomic E-state index is 0.0863. The predicted octanol–water partition coefficient (Wildman–Crippen LogP) is 3.36. The Kier molecular flexibility index (Phi) is 2.95. The first-order valence-corrected chi connectivity index (χ1v) is 6.68. The lowest BCUT2D eigenvalue weighted by Crippen LogP contribution is -2.20. The smallest absolute Gasteiger partial charge is 0.277 e. The van der Waals surface area contributed by atoms with E-state index in [1.807, 2.05) is 48.5 Å².